The van der Waals surface area contributed by atoms with Crippen LogP contribution in [0.25, 0.3) is 0 Å². The van der Waals surface area contributed by atoms with Crippen molar-refractivity contribution in [2.45, 2.75) is 20.3 Å². The molecule has 0 radical (unpaired) electrons. The van der Waals surface area contributed by atoms with Crippen LogP contribution in [0, 0.1) is 5.41 Å². The Balaban J connectivity index is 2.62. The Morgan fingerprint density at radius 3 is 2.33 bits per heavy atom. The molecule has 5 nitrogen and oxygen atoms in total. The predicted molar refractivity (Wildman–Crippen MR) is 75.3 cm³/mol. The lowest BCUT2D eigenvalue weighted by molar-refractivity contribution is -0.139. The fourth-order valence-corrected chi connectivity index (χ4v) is 2.33. The van der Waals surface area contributed by atoms with Crippen LogP contribution in [0.2, 0.25) is 0 Å². The molecule has 0 aromatic heterocycles. The molecule has 1 fully saturated rings. The minimum Gasteiger partial charge on any atom is -0.395 e. The highest BCUT2D eigenvalue weighted by molar-refractivity contribution is 7.80. The van der Waals surface area contributed by atoms with Crippen LogP contribution < -0.4 is 5.73 Å². The van der Waals surface area contributed by atoms with Crippen molar-refractivity contribution in [3.8, 4) is 0 Å². The molecule has 104 valence electrons. The van der Waals surface area contributed by atoms with Gasteiger partial charge in [-0.25, -0.2) is 0 Å². The fourth-order valence-electron chi connectivity index (χ4n) is 2.10. The van der Waals surface area contributed by atoms with Crippen LogP contribution in [0.3, 0.4) is 0 Å². The number of nitrogens with two attached hydrogens (primary N) is 1. The van der Waals surface area contributed by atoms with Crippen LogP contribution >= 0.6 is 12.2 Å². The number of rotatable bonds is 5. The smallest absolute Gasteiger partial charge is 0.235 e. The highest BCUT2D eigenvalue weighted by Crippen LogP contribution is 2.25. The molecule has 1 aliphatic heterocycles. The first kappa shape index (κ1) is 15.3. The van der Waals surface area contributed by atoms with Crippen molar-refractivity contribution in [1.82, 2.24) is 9.80 Å². The van der Waals surface area contributed by atoms with E-state index in [1.54, 1.807) is 0 Å². The number of piperazine rings is 1. The minimum atomic E-state index is -0.728. The van der Waals surface area contributed by atoms with E-state index >= 15 is 0 Å². The number of nitrogens with zero attached hydrogens (tertiary/aromatic N) is 2. The quantitative estimate of drug-likeness (QED) is 0.680. The second-order valence-electron chi connectivity index (χ2n) is 4.91. The molecule has 0 spiro atoms. The summed E-state index contributed by atoms with van der Waals surface area (Å²) in [5.74, 6) is 0.0288. The standard InChI is InChI=1S/C12H23N3O2S/c1-3-12(2,10(13)18)11(17)15-6-4-14(5-7-15)8-9-16/h16H,3-9H2,1-2H3,(H2,13,18). The van der Waals surface area contributed by atoms with Crippen molar-refractivity contribution >= 4 is 23.1 Å². The number of amides is 1. The molecule has 18 heavy (non-hydrogen) atoms. The molecule has 1 saturated heterocycles. The number of carbonyl (C=O) groups excluding carboxylic acids is 1. The van der Waals surface area contributed by atoms with Gasteiger partial charge in [0.15, 0.2) is 0 Å². The summed E-state index contributed by atoms with van der Waals surface area (Å²) in [6.45, 7) is 7.52. The van der Waals surface area contributed by atoms with Crippen molar-refractivity contribution in [3.63, 3.8) is 0 Å². The average Bonchev–Trinajstić information content (AvgIpc) is 2.38. The van der Waals surface area contributed by atoms with Gasteiger partial charge in [0.25, 0.3) is 0 Å². The van der Waals surface area contributed by atoms with Gasteiger partial charge in [-0.15, -0.1) is 0 Å². The van der Waals surface area contributed by atoms with Crippen molar-refractivity contribution in [3.05, 3.63) is 0 Å². The topological polar surface area (TPSA) is 69.8 Å². The Hall–Kier alpha value is -0.720. The molecular formula is C12H23N3O2S. The summed E-state index contributed by atoms with van der Waals surface area (Å²) in [4.78, 5) is 16.7. The van der Waals surface area contributed by atoms with Gasteiger partial charge < -0.3 is 15.7 Å². The largest absolute Gasteiger partial charge is 0.395 e. The van der Waals surface area contributed by atoms with E-state index in [1.165, 1.54) is 0 Å². The summed E-state index contributed by atoms with van der Waals surface area (Å²) < 4.78 is 0. The monoisotopic (exact) mass is 273 g/mol. The third-order valence-corrected chi connectivity index (χ3v) is 4.25. The number of hydrogen-bond donors (Lipinski definition) is 2. The van der Waals surface area contributed by atoms with Crippen LogP contribution in [0.1, 0.15) is 20.3 Å². The minimum absolute atomic E-state index is 0.0288. The van der Waals surface area contributed by atoms with Crippen LogP contribution in [0.4, 0.5) is 0 Å². The van der Waals surface area contributed by atoms with E-state index < -0.39 is 5.41 Å². The second-order valence-corrected chi connectivity index (χ2v) is 5.35. The molecule has 0 aromatic rings. The van der Waals surface area contributed by atoms with Crippen molar-refractivity contribution in [2.75, 3.05) is 39.3 Å². The molecule has 1 rings (SSSR count). The number of aliphatic hydroxyl groups excluding tert-OH is 1. The first-order valence-corrected chi connectivity index (χ1v) is 6.79. The highest BCUT2D eigenvalue weighted by atomic mass is 32.1. The predicted octanol–water partition coefficient (Wildman–Crippen LogP) is -0.175. The van der Waals surface area contributed by atoms with E-state index in [1.807, 2.05) is 18.7 Å². The highest BCUT2D eigenvalue weighted by Gasteiger charge is 2.38. The van der Waals surface area contributed by atoms with E-state index in [0.717, 1.165) is 13.1 Å². The van der Waals surface area contributed by atoms with E-state index in [9.17, 15) is 4.79 Å². The molecule has 1 amide bonds. The Kier molecular flexibility index (Phi) is 5.49. The molecule has 0 saturated carbocycles. The molecular weight excluding hydrogens is 250 g/mol. The zero-order chi connectivity index (χ0) is 13.8. The fraction of sp³-hybridized carbons (Fsp3) is 0.833. The van der Waals surface area contributed by atoms with Crippen LogP contribution in [-0.4, -0.2) is 65.1 Å². The third-order valence-electron chi connectivity index (χ3n) is 3.80. The van der Waals surface area contributed by atoms with E-state index in [4.69, 9.17) is 23.1 Å². The normalized spacial score (nSPS) is 20.5. The number of carbonyl (C=O) groups is 1. The Morgan fingerprint density at radius 1 is 1.39 bits per heavy atom. The molecule has 1 aliphatic rings. The summed E-state index contributed by atoms with van der Waals surface area (Å²) in [6, 6.07) is 0. The van der Waals surface area contributed by atoms with E-state index in [2.05, 4.69) is 4.90 Å². The lowest BCUT2D eigenvalue weighted by Gasteiger charge is -2.39. The Labute approximate surface area is 114 Å². The second kappa shape index (κ2) is 6.45. The van der Waals surface area contributed by atoms with Crippen molar-refractivity contribution < 1.29 is 9.90 Å². The molecule has 0 aromatic carbocycles. The number of hydrogen-bond acceptors (Lipinski definition) is 4. The van der Waals surface area contributed by atoms with Gasteiger partial charge in [0.1, 0.15) is 0 Å². The molecule has 0 bridgehead atoms. The lowest BCUT2D eigenvalue weighted by Crippen LogP contribution is -2.55. The number of thiocarbonyl (C=S) groups is 1. The van der Waals surface area contributed by atoms with Crippen LogP contribution in [0.5, 0.6) is 0 Å². The summed E-state index contributed by atoms with van der Waals surface area (Å²) in [6.07, 6.45) is 0.623. The molecule has 1 heterocycles. The van der Waals surface area contributed by atoms with Crippen molar-refractivity contribution in [2.24, 2.45) is 11.1 Å². The SMILES string of the molecule is CCC(C)(C(=O)N1CCN(CCO)CC1)C(N)=S. The van der Waals surface area contributed by atoms with Crippen molar-refractivity contribution in [1.29, 1.82) is 0 Å². The number of aliphatic hydroxyl groups is 1. The van der Waals surface area contributed by atoms with Gasteiger partial charge in [-0.3, -0.25) is 9.69 Å². The van der Waals surface area contributed by atoms with Gasteiger partial charge in [-0.05, 0) is 13.3 Å². The molecule has 1 atom stereocenters. The van der Waals surface area contributed by atoms with Gasteiger partial charge >= 0.3 is 0 Å². The first-order chi connectivity index (χ1) is 8.45. The van der Waals surface area contributed by atoms with Gasteiger partial charge in [0.2, 0.25) is 5.91 Å². The summed E-state index contributed by atoms with van der Waals surface area (Å²) in [7, 11) is 0. The zero-order valence-electron chi connectivity index (χ0n) is 11.2. The first-order valence-electron chi connectivity index (χ1n) is 6.38. The van der Waals surface area contributed by atoms with Crippen LogP contribution in [0.15, 0.2) is 0 Å². The summed E-state index contributed by atoms with van der Waals surface area (Å²) in [5, 5.41) is 8.88. The van der Waals surface area contributed by atoms with E-state index in [-0.39, 0.29) is 17.5 Å². The third kappa shape index (κ3) is 3.18. The van der Waals surface area contributed by atoms with Gasteiger partial charge in [0, 0.05) is 32.7 Å². The molecule has 1 unspecified atom stereocenters. The maximum atomic E-state index is 12.4. The summed E-state index contributed by atoms with van der Waals surface area (Å²) in [5.41, 5.74) is 4.98. The Morgan fingerprint density at radius 2 is 1.94 bits per heavy atom. The Bertz CT molecular complexity index is 316. The molecule has 3 N–H and O–H groups in total. The van der Waals surface area contributed by atoms with Gasteiger partial charge in [-0.2, -0.15) is 0 Å². The van der Waals surface area contributed by atoms with Gasteiger partial charge in [0.05, 0.1) is 17.0 Å². The molecule has 0 aliphatic carbocycles. The zero-order valence-corrected chi connectivity index (χ0v) is 12.0. The van der Waals surface area contributed by atoms with E-state index in [0.29, 0.717) is 26.1 Å². The lowest BCUT2D eigenvalue weighted by atomic mass is 9.85. The summed E-state index contributed by atoms with van der Waals surface area (Å²) >= 11 is 5.03. The number of β-amino-alcohol motifs (C(OH)–C–C–N with tert-alkyl or cyclic N) is 1. The molecule has 6 heteroatoms. The van der Waals surface area contributed by atoms with Crippen LogP contribution in [-0.2, 0) is 4.79 Å². The maximum Gasteiger partial charge on any atom is 0.235 e. The maximum absolute atomic E-state index is 12.4. The van der Waals surface area contributed by atoms with Gasteiger partial charge in [-0.1, -0.05) is 19.1 Å². The average molecular weight is 273 g/mol.